The van der Waals surface area contributed by atoms with Gasteiger partial charge in [-0.15, -0.1) is 0 Å². The van der Waals surface area contributed by atoms with Gasteiger partial charge >= 0.3 is 17.9 Å². The summed E-state index contributed by atoms with van der Waals surface area (Å²) in [6.07, 6.45) is 8.98. The van der Waals surface area contributed by atoms with Crippen LogP contribution >= 0.6 is 0 Å². The molecule has 1 N–H and O–H groups in total. The first kappa shape index (κ1) is 36.5. The van der Waals surface area contributed by atoms with Gasteiger partial charge in [-0.05, 0) is 93.9 Å². The van der Waals surface area contributed by atoms with Crippen LogP contribution in [0.15, 0.2) is 0 Å². The van der Waals surface area contributed by atoms with Crippen molar-refractivity contribution < 1.29 is 33.7 Å². The first-order valence-electron chi connectivity index (χ1n) is 13.8. The highest BCUT2D eigenvalue weighted by Gasteiger charge is 2.30. The first-order chi connectivity index (χ1) is 16.7. The molecule has 0 fully saturated rings. The number of unbranched alkanes of at least 4 members (excludes halogenated alkanes) is 4. The summed E-state index contributed by atoms with van der Waals surface area (Å²) in [5.41, 5.74) is -1.29. The highest BCUT2D eigenvalue weighted by atomic mass is 16.5. The van der Waals surface area contributed by atoms with Gasteiger partial charge in [0, 0.05) is 6.61 Å². The lowest BCUT2D eigenvalue weighted by Crippen LogP contribution is -2.28. The molecule has 0 amide bonds. The fourth-order valence-corrected chi connectivity index (χ4v) is 3.48. The Bertz CT molecular complexity index is 609. The van der Waals surface area contributed by atoms with E-state index < -0.39 is 16.2 Å². The molecule has 0 aromatic rings. The minimum atomic E-state index is -0.473. The van der Waals surface area contributed by atoms with E-state index in [9.17, 15) is 14.4 Å². The molecular formula is C29H56O7. The summed E-state index contributed by atoms with van der Waals surface area (Å²) in [5.74, 6) is -0.416. The maximum Gasteiger partial charge on any atom is 0.311 e. The number of ether oxygens (including phenoxy) is 3. The fraction of sp³-hybridized carbons (Fsp3) is 0.897. The number of carbonyl (C=O) groups is 3. The van der Waals surface area contributed by atoms with Crippen LogP contribution in [0.5, 0.6) is 0 Å². The summed E-state index contributed by atoms with van der Waals surface area (Å²) in [7, 11) is 0. The van der Waals surface area contributed by atoms with Gasteiger partial charge in [0.25, 0.3) is 0 Å². The SMILES string of the molecule is CCCCCC(C)(C)C(=O)OCCCCC(C)(C)C(=O)OCC.CCOC(=O)C(C)(C)CCCCO. The van der Waals surface area contributed by atoms with Crippen LogP contribution in [-0.4, -0.2) is 49.4 Å². The van der Waals surface area contributed by atoms with Gasteiger partial charge in [-0.3, -0.25) is 14.4 Å². The quantitative estimate of drug-likeness (QED) is 0.124. The van der Waals surface area contributed by atoms with Crippen LogP contribution in [0.2, 0.25) is 0 Å². The highest BCUT2D eigenvalue weighted by molar-refractivity contribution is 5.76. The van der Waals surface area contributed by atoms with Crippen LogP contribution < -0.4 is 0 Å². The molecule has 0 atom stereocenters. The van der Waals surface area contributed by atoms with E-state index in [1.54, 1.807) is 0 Å². The Balaban J connectivity index is 0. The Labute approximate surface area is 221 Å². The topological polar surface area (TPSA) is 99.1 Å². The predicted molar refractivity (Wildman–Crippen MR) is 144 cm³/mol. The molecule has 0 aliphatic carbocycles. The molecule has 0 rings (SSSR count). The van der Waals surface area contributed by atoms with Crippen LogP contribution in [0.25, 0.3) is 0 Å². The Morgan fingerprint density at radius 1 is 0.556 bits per heavy atom. The monoisotopic (exact) mass is 516 g/mol. The van der Waals surface area contributed by atoms with E-state index in [1.807, 2.05) is 55.4 Å². The number of hydrogen-bond donors (Lipinski definition) is 1. The number of aliphatic hydroxyl groups is 1. The smallest absolute Gasteiger partial charge is 0.311 e. The molecule has 0 aromatic heterocycles. The van der Waals surface area contributed by atoms with Gasteiger partial charge in [0.1, 0.15) is 0 Å². The van der Waals surface area contributed by atoms with Gasteiger partial charge in [-0.2, -0.15) is 0 Å². The number of carbonyl (C=O) groups excluding carboxylic acids is 3. The van der Waals surface area contributed by atoms with E-state index in [0.717, 1.165) is 64.2 Å². The second-order valence-electron chi connectivity index (χ2n) is 11.3. The van der Waals surface area contributed by atoms with Crippen molar-refractivity contribution in [2.75, 3.05) is 26.4 Å². The molecule has 0 saturated carbocycles. The average molecular weight is 517 g/mol. The number of esters is 3. The molecule has 0 aromatic carbocycles. The molecule has 0 aliphatic heterocycles. The van der Waals surface area contributed by atoms with Crippen molar-refractivity contribution in [2.45, 2.75) is 127 Å². The lowest BCUT2D eigenvalue weighted by molar-refractivity contribution is -0.156. The summed E-state index contributed by atoms with van der Waals surface area (Å²) in [6, 6.07) is 0. The summed E-state index contributed by atoms with van der Waals surface area (Å²) in [4.78, 5) is 35.3. The number of aliphatic hydroxyl groups excluding tert-OH is 1. The van der Waals surface area contributed by atoms with Crippen molar-refractivity contribution in [1.82, 2.24) is 0 Å². The third-order valence-electron chi connectivity index (χ3n) is 6.25. The van der Waals surface area contributed by atoms with Crippen LogP contribution in [0.4, 0.5) is 0 Å². The van der Waals surface area contributed by atoms with Gasteiger partial charge < -0.3 is 19.3 Å². The maximum atomic E-state index is 12.1. The zero-order valence-electron chi connectivity index (χ0n) is 24.8. The van der Waals surface area contributed by atoms with Crippen molar-refractivity contribution in [3.05, 3.63) is 0 Å². The van der Waals surface area contributed by atoms with E-state index >= 15 is 0 Å². The Hall–Kier alpha value is -1.63. The molecule has 36 heavy (non-hydrogen) atoms. The largest absolute Gasteiger partial charge is 0.466 e. The summed E-state index contributed by atoms with van der Waals surface area (Å²) >= 11 is 0. The van der Waals surface area contributed by atoms with E-state index in [1.165, 1.54) is 0 Å². The van der Waals surface area contributed by atoms with Gasteiger partial charge in [0.2, 0.25) is 0 Å². The minimum absolute atomic E-state index is 0.113. The molecule has 7 nitrogen and oxygen atoms in total. The van der Waals surface area contributed by atoms with Crippen molar-refractivity contribution in [2.24, 2.45) is 16.2 Å². The predicted octanol–water partition coefficient (Wildman–Crippen LogP) is 6.63. The average Bonchev–Trinajstić information content (AvgIpc) is 2.79. The zero-order valence-corrected chi connectivity index (χ0v) is 24.8. The zero-order chi connectivity index (χ0) is 28.3. The molecule has 0 aliphatic rings. The van der Waals surface area contributed by atoms with E-state index in [2.05, 4.69) is 6.92 Å². The van der Waals surface area contributed by atoms with Crippen LogP contribution in [0.3, 0.4) is 0 Å². The summed E-state index contributed by atoms with van der Waals surface area (Å²) < 4.78 is 15.4. The standard InChI is InChI=1S/C19H36O4.C10H20O3/c1-7-9-10-13-19(5,6)17(21)23-15-12-11-14-18(3,4)16(20)22-8-2;1-4-13-9(12)10(2,3)7-5-6-8-11/h7-15H2,1-6H3;11H,4-8H2,1-3H3. The summed E-state index contributed by atoms with van der Waals surface area (Å²) in [6.45, 7) is 18.7. The third kappa shape index (κ3) is 16.9. The summed E-state index contributed by atoms with van der Waals surface area (Å²) in [5, 5.41) is 8.59. The normalized spacial score (nSPS) is 11.8. The fourth-order valence-electron chi connectivity index (χ4n) is 3.48. The second-order valence-corrected chi connectivity index (χ2v) is 11.3. The molecule has 0 saturated heterocycles. The molecule has 0 radical (unpaired) electrons. The highest BCUT2D eigenvalue weighted by Crippen LogP contribution is 2.27. The van der Waals surface area contributed by atoms with Crippen molar-refractivity contribution in [3.63, 3.8) is 0 Å². The lowest BCUT2D eigenvalue weighted by atomic mass is 9.87. The van der Waals surface area contributed by atoms with Crippen LogP contribution in [0.1, 0.15) is 127 Å². The molecule has 0 bridgehead atoms. The Kier molecular flexibility index (Phi) is 19.8. The Morgan fingerprint density at radius 3 is 1.28 bits per heavy atom. The van der Waals surface area contributed by atoms with Crippen LogP contribution in [0, 0.1) is 16.2 Å². The van der Waals surface area contributed by atoms with E-state index in [0.29, 0.717) is 19.8 Å². The molecule has 0 unspecified atom stereocenters. The van der Waals surface area contributed by atoms with Crippen molar-refractivity contribution >= 4 is 17.9 Å². The number of rotatable bonds is 18. The van der Waals surface area contributed by atoms with Crippen LogP contribution in [-0.2, 0) is 28.6 Å². The molecule has 7 heteroatoms. The first-order valence-corrected chi connectivity index (χ1v) is 13.8. The van der Waals surface area contributed by atoms with Gasteiger partial charge in [-0.25, -0.2) is 0 Å². The molecule has 0 spiro atoms. The van der Waals surface area contributed by atoms with Crippen molar-refractivity contribution in [3.8, 4) is 0 Å². The lowest BCUT2D eigenvalue weighted by Gasteiger charge is -2.23. The molecule has 0 heterocycles. The van der Waals surface area contributed by atoms with E-state index in [4.69, 9.17) is 19.3 Å². The molecular weight excluding hydrogens is 460 g/mol. The second kappa shape index (κ2) is 19.5. The van der Waals surface area contributed by atoms with Crippen molar-refractivity contribution in [1.29, 1.82) is 0 Å². The minimum Gasteiger partial charge on any atom is -0.466 e. The van der Waals surface area contributed by atoms with Gasteiger partial charge in [0.15, 0.2) is 0 Å². The van der Waals surface area contributed by atoms with E-state index in [-0.39, 0.29) is 24.5 Å². The Morgan fingerprint density at radius 2 is 0.917 bits per heavy atom. The molecule has 214 valence electrons. The maximum absolute atomic E-state index is 12.1. The third-order valence-corrected chi connectivity index (χ3v) is 6.25. The van der Waals surface area contributed by atoms with Gasteiger partial charge in [0.05, 0.1) is 36.1 Å². The van der Waals surface area contributed by atoms with Gasteiger partial charge in [-0.1, -0.05) is 32.6 Å². The number of hydrogen-bond acceptors (Lipinski definition) is 7.